The Morgan fingerprint density at radius 3 is 1.98 bits per heavy atom. The SMILES string of the molecule is C1=CCC(c2nc(-c3ccccc3)nc(-c3ccc(-c4cc5c6ccccc6oc5c5ccccc45)c4oc5ccccc5c34)n2)C=C1. The summed E-state index contributed by atoms with van der Waals surface area (Å²) in [6, 6.07) is 41.6. The Morgan fingerprint density at radius 1 is 0.500 bits per heavy atom. The zero-order valence-corrected chi connectivity index (χ0v) is 25.8. The van der Waals surface area contributed by atoms with Gasteiger partial charge in [-0.15, -0.1) is 0 Å². The molecule has 0 spiro atoms. The molecule has 1 aliphatic carbocycles. The fourth-order valence-corrected chi connectivity index (χ4v) is 7.16. The van der Waals surface area contributed by atoms with Crippen molar-refractivity contribution >= 4 is 54.6 Å². The largest absolute Gasteiger partial charge is 0.455 e. The Kier molecular flexibility index (Phi) is 5.93. The maximum Gasteiger partial charge on any atom is 0.164 e. The molecular formula is C43H27N3O2. The van der Waals surface area contributed by atoms with Gasteiger partial charge in [0.15, 0.2) is 11.6 Å². The van der Waals surface area contributed by atoms with Crippen LogP contribution in [0, 0.1) is 0 Å². The number of rotatable bonds is 4. The van der Waals surface area contributed by atoms with E-state index in [9.17, 15) is 0 Å². The van der Waals surface area contributed by atoms with E-state index >= 15 is 0 Å². The van der Waals surface area contributed by atoms with Crippen LogP contribution in [-0.4, -0.2) is 15.0 Å². The molecule has 6 aromatic carbocycles. The molecule has 48 heavy (non-hydrogen) atoms. The van der Waals surface area contributed by atoms with Crippen molar-refractivity contribution in [1.82, 2.24) is 15.0 Å². The number of nitrogens with zero attached hydrogens (tertiary/aromatic N) is 3. The minimum Gasteiger partial charge on any atom is -0.455 e. The Bertz CT molecular complexity index is 2770. The summed E-state index contributed by atoms with van der Waals surface area (Å²) in [5.74, 6) is 2.11. The summed E-state index contributed by atoms with van der Waals surface area (Å²) < 4.78 is 13.2. The van der Waals surface area contributed by atoms with Gasteiger partial charge in [-0.25, -0.2) is 15.0 Å². The normalized spacial score (nSPS) is 14.6. The van der Waals surface area contributed by atoms with Crippen molar-refractivity contribution in [1.29, 1.82) is 0 Å². The predicted octanol–water partition coefficient (Wildman–Crippen LogP) is 11.4. The van der Waals surface area contributed by atoms with Gasteiger partial charge in [-0.05, 0) is 47.7 Å². The summed E-state index contributed by atoms with van der Waals surface area (Å²) in [5, 5.41) is 6.35. The molecule has 0 fully saturated rings. The molecule has 1 unspecified atom stereocenters. The molecule has 3 heterocycles. The monoisotopic (exact) mass is 617 g/mol. The van der Waals surface area contributed by atoms with E-state index in [1.165, 1.54) is 0 Å². The standard InChI is InChI=1S/C43H27N3O2/c1-3-13-26(14-4-1)41-44-42(27-15-5-2-6-16-27)46-43(45-41)33-24-23-31(40-38(33)32-20-10-12-22-37(32)48-40)34-25-35-29-18-9-11-21-36(29)47-39(35)30-19-8-7-17-28(30)34/h1-15,17-25,27H,16H2. The molecule has 3 aromatic heterocycles. The van der Waals surface area contributed by atoms with E-state index in [2.05, 4.69) is 91.0 Å². The van der Waals surface area contributed by atoms with Crippen LogP contribution in [0.25, 0.3) is 88.6 Å². The van der Waals surface area contributed by atoms with Gasteiger partial charge in [0.05, 0.1) is 0 Å². The number of benzene rings is 6. The summed E-state index contributed by atoms with van der Waals surface area (Å²) in [5.41, 5.74) is 7.34. The van der Waals surface area contributed by atoms with Crippen LogP contribution in [0.15, 0.2) is 154 Å². The van der Waals surface area contributed by atoms with E-state index in [1.807, 2.05) is 54.6 Å². The molecule has 1 aliphatic rings. The van der Waals surface area contributed by atoms with Crippen molar-refractivity contribution < 1.29 is 8.83 Å². The summed E-state index contributed by atoms with van der Waals surface area (Å²) in [6.07, 6.45) is 9.32. The minimum absolute atomic E-state index is 0.0675. The molecule has 226 valence electrons. The third-order valence-electron chi connectivity index (χ3n) is 9.44. The fraction of sp³-hybridized carbons (Fsp3) is 0.0465. The lowest BCUT2D eigenvalue weighted by atomic mass is 9.92. The number of hydrogen-bond donors (Lipinski definition) is 0. The van der Waals surface area contributed by atoms with Gasteiger partial charge in [-0.1, -0.05) is 115 Å². The average Bonchev–Trinajstić information content (AvgIpc) is 3.74. The van der Waals surface area contributed by atoms with Crippen LogP contribution in [0.4, 0.5) is 0 Å². The lowest BCUT2D eigenvalue weighted by Crippen LogP contribution is -2.08. The molecule has 0 aliphatic heterocycles. The van der Waals surface area contributed by atoms with Gasteiger partial charge in [0.2, 0.25) is 0 Å². The lowest BCUT2D eigenvalue weighted by Gasteiger charge is -2.15. The molecular weight excluding hydrogens is 590 g/mol. The Balaban J connectivity index is 1.27. The van der Waals surface area contributed by atoms with Gasteiger partial charge in [0.25, 0.3) is 0 Å². The second kappa shape index (κ2) is 10.6. The summed E-state index contributed by atoms with van der Waals surface area (Å²) in [4.78, 5) is 15.2. The third kappa shape index (κ3) is 4.14. The lowest BCUT2D eigenvalue weighted by molar-refractivity contribution is 0.670. The van der Waals surface area contributed by atoms with Crippen LogP contribution in [0.2, 0.25) is 0 Å². The zero-order chi connectivity index (χ0) is 31.6. The van der Waals surface area contributed by atoms with Crippen LogP contribution in [0.3, 0.4) is 0 Å². The van der Waals surface area contributed by atoms with Crippen molar-refractivity contribution in [3.63, 3.8) is 0 Å². The van der Waals surface area contributed by atoms with E-state index in [0.29, 0.717) is 11.6 Å². The molecule has 9 aromatic rings. The Hall–Kier alpha value is -6.33. The van der Waals surface area contributed by atoms with Gasteiger partial charge >= 0.3 is 0 Å². The maximum absolute atomic E-state index is 6.78. The van der Waals surface area contributed by atoms with E-state index in [0.717, 1.165) is 89.1 Å². The van der Waals surface area contributed by atoms with Crippen molar-refractivity contribution in [2.75, 3.05) is 0 Å². The average molecular weight is 618 g/mol. The first-order valence-corrected chi connectivity index (χ1v) is 16.2. The van der Waals surface area contributed by atoms with Crippen molar-refractivity contribution in [2.45, 2.75) is 12.3 Å². The topological polar surface area (TPSA) is 65.0 Å². The minimum atomic E-state index is 0.0675. The van der Waals surface area contributed by atoms with E-state index in [-0.39, 0.29) is 5.92 Å². The van der Waals surface area contributed by atoms with Crippen LogP contribution in [0.1, 0.15) is 18.2 Å². The first-order chi connectivity index (χ1) is 23.8. The quantitative estimate of drug-likeness (QED) is 0.197. The number of fused-ring (bicyclic) bond motifs is 8. The molecule has 5 heteroatoms. The van der Waals surface area contributed by atoms with Gasteiger partial charge in [0, 0.05) is 49.5 Å². The highest BCUT2D eigenvalue weighted by atomic mass is 16.3. The van der Waals surface area contributed by atoms with Crippen molar-refractivity contribution in [3.05, 3.63) is 151 Å². The van der Waals surface area contributed by atoms with E-state index in [1.54, 1.807) is 0 Å². The molecule has 0 bridgehead atoms. The zero-order valence-electron chi connectivity index (χ0n) is 25.8. The third-order valence-corrected chi connectivity index (χ3v) is 9.44. The van der Waals surface area contributed by atoms with Crippen molar-refractivity contribution in [3.8, 4) is 33.9 Å². The summed E-state index contributed by atoms with van der Waals surface area (Å²) in [7, 11) is 0. The molecule has 10 rings (SSSR count). The highest BCUT2D eigenvalue weighted by Gasteiger charge is 2.23. The molecule has 0 N–H and O–H groups in total. The number of furan rings is 2. The molecule has 0 radical (unpaired) electrons. The fourth-order valence-electron chi connectivity index (χ4n) is 7.16. The number of aromatic nitrogens is 3. The molecule has 1 atom stereocenters. The Labute approximate surface area is 275 Å². The van der Waals surface area contributed by atoms with Gasteiger partial charge < -0.3 is 8.83 Å². The van der Waals surface area contributed by atoms with E-state index < -0.39 is 0 Å². The number of allylic oxidation sites excluding steroid dienone is 4. The number of para-hydroxylation sites is 2. The first kappa shape index (κ1) is 26.8. The smallest absolute Gasteiger partial charge is 0.164 e. The van der Waals surface area contributed by atoms with Crippen LogP contribution in [-0.2, 0) is 0 Å². The highest BCUT2D eigenvalue weighted by Crippen LogP contribution is 2.45. The van der Waals surface area contributed by atoms with E-state index in [4.69, 9.17) is 23.8 Å². The summed E-state index contributed by atoms with van der Waals surface area (Å²) >= 11 is 0. The van der Waals surface area contributed by atoms with Gasteiger partial charge in [0.1, 0.15) is 28.2 Å². The van der Waals surface area contributed by atoms with Gasteiger partial charge in [-0.3, -0.25) is 0 Å². The molecule has 5 nitrogen and oxygen atoms in total. The Morgan fingerprint density at radius 2 is 1.17 bits per heavy atom. The summed E-state index contributed by atoms with van der Waals surface area (Å²) in [6.45, 7) is 0. The van der Waals surface area contributed by atoms with Crippen molar-refractivity contribution in [2.24, 2.45) is 0 Å². The molecule has 0 saturated heterocycles. The molecule has 0 amide bonds. The highest BCUT2D eigenvalue weighted by molar-refractivity contribution is 6.22. The van der Waals surface area contributed by atoms with Crippen LogP contribution < -0.4 is 0 Å². The maximum atomic E-state index is 6.78. The van der Waals surface area contributed by atoms with Crippen LogP contribution >= 0.6 is 0 Å². The first-order valence-electron chi connectivity index (χ1n) is 16.2. The van der Waals surface area contributed by atoms with Gasteiger partial charge in [-0.2, -0.15) is 0 Å². The van der Waals surface area contributed by atoms with Crippen LogP contribution in [0.5, 0.6) is 0 Å². The predicted molar refractivity (Wildman–Crippen MR) is 194 cm³/mol. The second-order valence-electron chi connectivity index (χ2n) is 12.3. The molecule has 0 saturated carbocycles. The second-order valence-corrected chi connectivity index (χ2v) is 12.3. The number of hydrogen-bond acceptors (Lipinski definition) is 5.